The minimum absolute atomic E-state index is 0.121. The molecule has 1 aliphatic heterocycles. The van der Waals surface area contributed by atoms with Crippen LogP contribution in [0.4, 0.5) is 0 Å². The number of nitrogens with one attached hydrogen (secondary N) is 1. The number of hydrogen-bond acceptors (Lipinski definition) is 3. The lowest BCUT2D eigenvalue weighted by atomic mass is 10.0. The first-order valence-electron chi connectivity index (χ1n) is 10.7. The van der Waals surface area contributed by atoms with Gasteiger partial charge in [0.1, 0.15) is 5.37 Å². The average Bonchev–Trinajstić information content (AvgIpc) is 3.29. The molecule has 1 heterocycles. The van der Waals surface area contributed by atoms with Crippen molar-refractivity contribution in [3.8, 4) is 0 Å². The number of nitrogens with zero attached hydrogens (tertiary/aromatic N) is 2. The lowest BCUT2D eigenvalue weighted by Crippen LogP contribution is -2.43. The van der Waals surface area contributed by atoms with Gasteiger partial charge in [0.05, 0.1) is 6.54 Å². The van der Waals surface area contributed by atoms with Gasteiger partial charge in [-0.3, -0.25) is 15.2 Å². The van der Waals surface area contributed by atoms with Gasteiger partial charge in [0, 0.05) is 5.57 Å². The molecular formula is C28H25N3OS. The highest BCUT2D eigenvalue weighted by molar-refractivity contribution is 8.14. The first-order chi connectivity index (χ1) is 16.2. The Balaban J connectivity index is 1.69. The van der Waals surface area contributed by atoms with Gasteiger partial charge < -0.3 is 0 Å². The predicted octanol–water partition coefficient (Wildman–Crippen LogP) is 5.89. The van der Waals surface area contributed by atoms with Crippen LogP contribution < -0.4 is 5.43 Å². The summed E-state index contributed by atoms with van der Waals surface area (Å²) in [5, 5.41) is 2.09. The third-order valence-corrected chi connectivity index (χ3v) is 6.02. The summed E-state index contributed by atoms with van der Waals surface area (Å²) in [6.45, 7) is 4.22. The van der Waals surface area contributed by atoms with E-state index in [9.17, 15) is 4.79 Å². The number of hydrazine groups is 1. The van der Waals surface area contributed by atoms with Gasteiger partial charge in [0.25, 0.3) is 5.91 Å². The highest BCUT2D eigenvalue weighted by atomic mass is 32.2. The van der Waals surface area contributed by atoms with Crippen LogP contribution in [0, 0.1) is 0 Å². The van der Waals surface area contributed by atoms with E-state index in [1.54, 1.807) is 11.1 Å². The summed E-state index contributed by atoms with van der Waals surface area (Å²) in [6.07, 6.45) is 7.71. The summed E-state index contributed by atoms with van der Waals surface area (Å²) in [4.78, 5) is 18.4. The molecule has 0 radical (unpaired) electrons. The zero-order chi connectivity index (χ0) is 22.9. The van der Waals surface area contributed by atoms with E-state index in [2.05, 4.69) is 17.0 Å². The van der Waals surface area contributed by atoms with Gasteiger partial charge in [-0.2, -0.15) is 0 Å². The first kappa shape index (κ1) is 22.4. The molecule has 3 aromatic carbocycles. The molecule has 3 aromatic rings. The third-order valence-electron chi connectivity index (χ3n) is 4.96. The van der Waals surface area contributed by atoms with Gasteiger partial charge in [-0.15, -0.1) is 6.58 Å². The molecule has 1 saturated heterocycles. The normalized spacial score (nSPS) is 17.3. The molecule has 164 valence electrons. The van der Waals surface area contributed by atoms with Crippen LogP contribution in [0.15, 0.2) is 115 Å². The summed E-state index contributed by atoms with van der Waals surface area (Å²) in [6, 6.07) is 29.7. The number of amidine groups is 1. The standard InChI is InChI=1S/C28H25N3OS/c1-2-20-29-28-30-31(26(33-28)19-18-22-12-6-3-7-13-22)27(32)25(24-16-10-5-11-17-24)21-23-14-8-4-9-15-23/h2-19,21,26H,1,20H2,(H,29,30)/b19-18+,25-21+. The van der Waals surface area contributed by atoms with Crippen molar-refractivity contribution in [2.45, 2.75) is 5.37 Å². The van der Waals surface area contributed by atoms with Crippen molar-refractivity contribution >= 4 is 40.6 Å². The minimum Gasteiger partial charge on any atom is -0.272 e. The zero-order valence-electron chi connectivity index (χ0n) is 18.2. The predicted molar refractivity (Wildman–Crippen MR) is 140 cm³/mol. The Morgan fingerprint density at radius 3 is 2.18 bits per heavy atom. The number of aliphatic imine (C=N–C) groups is 1. The molecule has 5 heteroatoms. The fourth-order valence-electron chi connectivity index (χ4n) is 3.36. The summed E-state index contributed by atoms with van der Waals surface area (Å²) >= 11 is 1.51. The molecule has 4 rings (SSSR count). The van der Waals surface area contributed by atoms with Gasteiger partial charge in [-0.25, -0.2) is 5.01 Å². The minimum atomic E-state index is -0.246. The average molecular weight is 452 g/mol. The maximum atomic E-state index is 13.9. The molecule has 0 aliphatic carbocycles. The molecule has 0 aromatic heterocycles. The largest absolute Gasteiger partial charge is 0.274 e. The molecule has 1 unspecified atom stereocenters. The summed E-state index contributed by atoms with van der Waals surface area (Å²) in [5.74, 6) is -0.121. The fourth-order valence-corrected chi connectivity index (χ4v) is 4.30. The summed E-state index contributed by atoms with van der Waals surface area (Å²) < 4.78 is 0. The van der Waals surface area contributed by atoms with E-state index in [1.807, 2.05) is 109 Å². The van der Waals surface area contributed by atoms with E-state index < -0.39 is 0 Å². The maximum Gasteiger partial charge on any atom is 0.274 e. The molecule has 0 spiro atoms. The van der Waals surface area contributed by atoms with Crippen molar-refractivity contribution in [1.82, 2.24) is 10.4 Å². The Hall–Kier alpha value is -3.83. The van der Waals surface area contributed by atoms with Crippen molar-refractivity contribution in [3.63, 3.8) is 0 Å². The lowest BCUT2D eigenvalue weighted by molar-refractivity contribution is -0.126. The van der Waals surface area contributed by atoms with Gasteiger partial charge in [-0.1, -0.05) is 115 Å². The van der Waals surface area contributed by atoms with Gasteiger partial charge in [-0.05, 0) is 28.8 Å². The molecule has 1 amide bonds. The number of carbonyl (C=O) groups excluding carboxylic acids is 1. The topological polar surface area (TPSA) is 44.7 Å². The number of hydrogen-bond donors (Lipinski definition) is 1. The smallest absolute Gasteiger partial charge is 0.272 e. The molecule has 1 N–H and O–H groups in total. The molecule has 33 heavy (non-hydrogen) atoms. The van der Waals surface area contributed by atoms with E-state index in [0.29, 0.717) is 17.3 Å². The summed E-state index contributed by atoms with van der Waals surface area (Å²) in [7, 11) is 0. The Bertz CT molecular complexity index is 1170. The quantitative estimate of drug-likeness (QED) is 0.277. The van der Waals surface area contributed by atoms with Crippen LogP contribution in [0.25, 0.3) is 17.7 Å². The second-order valence-corrected chi connectivity index (χ2v) is 8.44. The highest BCUT2D eigenvalue weighted by Crippen LogP contribution is 2.29. The second kappa shape index (κ2) is 11.2. The monoisotopic (exact) mass is 451 g/mol. The van der Waals surface area contributed by atoms with Crippen molar-refractivity contribution in [1.29, 1.82) is 0 Å². The third kappa shape index (κ3) is 5.90. The molecule has 0 bridgehead atoms. The van der Waals surface area contributed by atoms with Gasteiger partial charge in [0.15, 0.2) is 5.17 Å². The molecule has 0 saturated carbocycles. The van der Waals surface area contributed by atoms with Crippen LogP contribution in [-0.4, -0.2) is 28.0 Å². The molecule has 1 fully saturated rings. The molecule has 1 atom stereocenters. The second-order valence-electron chi connectivity index (χ2n) is 7.33. The lowest BCUT2D eigenvalue weighted by Gasteiger charge is -2.22. The van der Waals surface area contributed by atoms with Crippen molar-refractivity contribution in [2.24, 2.45) is 4.99 Å². The van der Waals surface area contributed by atoms with E-state index in [1.165, 1.54) is 11.8 Å². The number of rotatable bonds is 7. The fraction of sp³-hybridized carbons (Fsp3) is 0.0714. The zero-order valence-corrected chi connectivity index (χ0v) is 19.0. The number of amides is 1. The van der Waals surface area contributed by atoms with Crippen molar-refractivity contribution in [3.05, 3.63) is 126 Å². The Morgan fingerprint density at radius 2 is 1.55 bits per heavy atom. The van der Waals surface area contributed by atoms with Crippen LogP contribution >= 0.6 is 11.8 Å². The molecule has 4 nitrogen and oxygen atoms in total. The number of carbonyl (C=O) groups is 1. The van der Waals surface area contributed by atoms with E-state index in [-0.39, 0.29) is 11.3 Å². The van der Waals surface area contributed by atoms with Crippen LogP contribution in [0.1, 0.15) is 16.7 Å². The van der Waals surface area contributed by atoms with Gasteiger partial charge >= 0.3 is 0 Å². The first-order valence-corrected chi connectivity index (χ1v) is 11.6. The molecular weight excluding hydrogens is 426 g/mol. The SMILES string of the molecule is C=CCN=C1NN(C(=O)/C(=C/c2ccccc2)c2ccccc2)C(/C=C/c2ccccc2)S1. The maximum absolute atomic E-state index is 13.9. The van der Waals surface area contributed by atoms with Crippen LogP contribution in [-0.2, 0) is 4.79 Å². The van der Waals surface area contributed by atoms with Crippen molar-refractivity contribution in [2.75, 3.05) is 6.54 Å². The van der Waals surface area contributed by atoms with E-state index >= 15 is 0 Å². The van der Waals surface area contributed by atoms with Crippen LogP contribution in [0.3, 0.4) is 0 Å². The van der Waals surface area contributed by atoms with E-state index in [4.69, 9.17) is 0 Å². The Kier molecular flexibility index (Phi) is 7.56. The highest BCUT2D eigenvalue weighted by Gasteiger charge is 2.33. The molecule has 1 aliphatic rings. The number of benzene rings is 3. The van der Waals surface area contributed by atoms with Gasteiger partial charge in [0.2, 0.25) is 0 Å². The number of thioether (sulfide) groups is 1. The summed E-state index contributed by atoms with van der Waals surface area (Å²) in [5.41, 5.74) is 6.72. The Labute approximate surface area is 199 Å². The Morgan fingerprint density at radius 1 is 0.939 bits per heavy atom. The van der Waals surface area contributed by atoms with Crippen LogP contribution in [0.2, 0.25) is 0 Å². The van der Waals surface area contributed by atoms with E-state index in [0.717, 1.165) is 16.7 Å². The van der Waals surface area contributed by atoms with Crippen LogP contribution in [0.5, 0.6) is 0 Å². The van der Waals surface area contributed by atoms with Crippen molar-refractivity contribution < 1.29 is 4.79 Å².